The Morgan fingerprint density at radius 1 is 1.12 bits per heavy atom. The number of ketones is 1. The molecule has 2 atom stereocenters. The van der Waals surface area contributed by atoms with Gasteiger partial charge < -0.3 is 4.57 Å². The second-order valence-corrected chi connectivity index (χ2v) is 11.3. The third kappa shape index (κ3) is 3.87. The molecule has 0 aromatic carbocycles. The maximum absolute atomic E-state index is 12.4. The van der Waals surface area contributed by atoms with Crippen molar-refractivity contribution in [3.63, 3.8) is 0 Å². The highest BCUT2D eigenvalue weighted by Gasteiger charge is 2.36. The molecular formula is C25H35N5OS. The van der Waals surface area contributed by atoms with Crippen LogP contribution in [0.25, 0.3) is 0 Å². The van der Waals surface area contributed by atoms with Gasteiger partial charge in [-0.15, -0.1) is 21.5 Å². The lowest BCUT2D eigenvalue weighted by molar-refractivity contribution is -0.118. The number of nitrogens with zero attached hydrogens (tertiary/aromatic N) is 5. The van der Waals surface area contributed by atoms with E-state index in [4.69, 9.17) is 4.98 Å². The fraction of sp³-hybridized carbons (Fsp3) is 0.680. The summed E-state index contributed by atoms with van der Waals surface area (Å²) in [4.78, 5) is 21.4. The number of allylic oxidation sites excluding steroid dienone is 2. The molecule has 0 amide bonds. The summed E-state index contributed by atoms with van der Waals surface area (Å²) in [7, 11) is 0. The molecule has 2 aromatic heterocycles. The number of likely N-dealkylation sites (tertiary alicyclic amines) is 1. The Kier molecular flexibility index (Phi) is 6.05. The average Bonchev–Trinajstić information content (AvgIpc) is 3.42. The van der Waals surface area contributed by atoms with Crippen LogP contribution in [0, 0.1) is 12.8 Å². The standard InChI is InChI=1S/C25H35N5OS/c1-15(2)24(31)19-13-18(16(19)3)23-17(4)32-22(26-23)14-29-11-8-9-20(29)25-28-27-21-10-6-5-7-12-30(21)25/h15,18,20H,5-14H2,1-4H3. The number of aryl methyl sites for hydroxylation is 2. The van der Waals surface area contributed by atoms with Crippen molar-refractivity contribution in [1.82, 2.24) is 24.6 Å². The van der Waals surface area contributed by atoms with E-state index in [0.717, 1.165) is 44.5 Å². The fourth-order valence-corrected chi connectivity index (χ4v) is 6.65. The van der Waals surface area contributed by atoms with Crippen LogP contribution < -0.4 is 0 Å². The number of hydrogen-bond acceptors (Lipinski definition) is 6. The molecular weight excluding hydrogens is 418 g/mol. The van der Waals surface area contributed by atoms with Crippen LogP contribution in [-0.2, 0) is 24.3 Å². The summed E-state index contributed by atoms with van der Waals surface area (Å²) in [5.41, 5.74) is 3.45. The van der Waals surface area contributed by atoms with E-state index in [0.29, 0.717) is 17.7 Å². The van der Waals surface area contributed by atoms with Crippen LogP contribution in [0.1, 0.15) is 98.5 Å². The summed E-state index contributed by atoms with van der Waals surface area (Å²) in [5.74, 6) is 3.05. The Morgan fingerprint density at radius 3 is 2.75 bits per heavy atom. The van der Waals surface area contributed by atoms with Crippen molar-refractivity contribution in [2.45, 2.75) is 97.7 Å². The molecule has 0 radical (unpaired) electrons. The molecule has 7 heteroatoms. The molecule has 0 bridgehead atoms. The lowest BCUT2D eigenvalue weighted by atomic mass is 9.73. The van der Waals surface area contributed by atoms with Crippen molar-refractivity contribution in [3.05, 3.63) is 38.4 Å². The van der Waals surface area contributed by atoms with Crippen molar-refractivity contribution in [2.75, 3.05) is 6.54 Å². The lowest BCUT2D eigenvalue weighted by Crippen LogP contribution is -2.26. The second-order valence-electron chi connectivity index (χ2n) is 10.1. The molecule has 32 heavy (non-hydrogen) atoms. The highest BCUT2D eigenvalue weighted by atomic mass is 32.1. The van der Waals surface area contributed by atoms with Gasteiger partial charge >= 0.3 is 0 Å². The van der Waals surface area contributed by atoms with Gasteiger partial charge in [0.2, 0.25) is 0 Å². The summed E-state index contributed by atoms with van der Waals surface area (Å²) < 4.78 is 2.41. The summed E-state index contributed by atoms with van der Waals surface area (Å²) in [5, 5.41) is 10.4. The van der Waals surface area contributed by atoms with E-state index in [9.17, 15) is 4.79 Å². The third-order valence-corrected chi connectivity index (χ3v) is 8.55. The summed E-state index contributed by atoms with van der Waals surface area (Å²) in [6.45, 7) is 11.3. The van der Waals surface area contributed by atoms with Crippen molar-refractivity contribution >= 4 is 17.1 Å². The van der Waals surface area contributed by atoms with Gasteiger partial charge in [0, 0.05) is 29.7 Å². The zero-order valence-electron chi connectivity index (χ0n) is 19.9. The van der Waals surface area contributed by atoms with Gasteiger partial charge in [-0.2, -0.15) is 0 Å². The Bertz CT molecular complexity index is 1050. The average molecular weight is 454 g/mol. The van der Waals surface area contributed by atoms with Gasteiger partial charge in [0.25, 0.3) is 0 Å². The molecule has 2 unspecified atom stereocenters. The van der Waals surface area contributed by atoms with Gasteiger partial charge in [0.15, 0.2) is 5.78 Å². The molecule has 1 saturated heterocycles. The van der Waals surface area contributed by atoms with Gasteiger partial charge in [-0.1, -0.05) is 25.8 Å². The summed E-state index contributed by atoms with van der Waals surface area (Å²) in [6.07, 6.45) is 8.02. The predicted molar refractivity (Wildman–Crippen MR) is 127 cm³/mol. The van der Waals surface area contributed by atoms with Crippen LogP contribution >= 0.6 is 11.3 Å². The number of thiazole rings is 1. The van der Waals surface area contributed by atoms with Crippen LogP contribution in [0.15, 0.2) is 11.1 Å². The first kappa shape index (κ1) is 22.0. The van der Waals surface area contributed by atoms with E-state index in [2.05, 4.69) is 33.5 Å². The molecule has 0 spiro atoms. The van der Waals surface area contributed by atoms with Gasteiger partial charge in [0.05, 0.1) is 18.3 Å². The van der Waals surface area contributed by atoms with Crippen LogP contribution in [0.2, 0.25) is 0 Å². The zero-order valence-corrected chi connectivity index (χ0v) is 20.7. The Labute approximate surface area is 195 Å². The highest BCUT2D eigenvalue weighted by Crippen LogP contribution is 2.45. The van der Waals surface area contributed by atoms with E-state index in [1.807, 2.05) is 25.2 Å². The van der Waals surface area contributed by atoms with Crippen LogP contribution in [-0.4, -0.2) is 37.0 Å². The monoisotopic (exact) mass is 453 g/mol. The largest absolute Gasteiger partial charge is 0.314 e. The highest BCUT2D eigenvalue weighted by molar-refractivity contribution is 7.11. The first-order valence-corrected chi connectivity index (χ1v) is 13.1. The number of hydrogen-bond donors (Lipinski definition) is 0. The molecule has 6 nitrogen and oxygen atoms in total. The van der Waals surface area contributed by atoms with E-state index in [-0.39, 0.29) is 5.92 Å². The third-order valence-electron chi connectivity index (χ3n) is 7.57. The summed E-state index contributed by atoms with van der Waals surface area (Å²) in [6, 6.07) is 0.350. The van der Waals surface area contributed by atoms with E-state index in [1.165, 1.54) is 58.5 Å². The summed E-state index contributed by atoms with van der Waals surface area (Å²) >= 11 is 1.83. The first-order chi connectivity index (χ1) is 15.4. The van der Waals surface area contributed by atoms with Crippen LogP contribution in [0.4, 0.5) is 0 Å². The number of carbonyl (C=O) groups excluding carboxylic acids is 1. The topological polar surface area (TPSA) is 63.9 Å². The lowest BCUT2D eigenvalue weighted by Gasteiger charge is -2.31. The molecule has 1 fully saturated rings. The molecule has 3 aliphatic rings. The van der Waals surface area contributed by atoms with Gasteiger partial charge in [-0.3, -0.25) is 9.69 Å². The molecule has 0 saturated carbocycles. The van der Waals surface area contributed by atoms with E-state index < -0.39 is 0 Å². The number of rotatable bonds is 6. The molecule has 1 aliphatic carbocycles. The maximum Gasteiger partial charge on any atom is 0.161 e. The Hall–Kier alpha value is -1.86. The molecule has 172 valence electrons. The minimum absolute atomic E-state index is 0.0762. The molecule has 2 aliphatic heterocycles. The number of fused-ring (bicyclic) bond motifs is 1. The molecule has 0 N–H and O–H groups in total. The smallest absolute Gasteiger partial charge is 0.161 e. The first-order valence-electron chi connectivity index (χ1n) is 12.3. The molecule has 4 heterocycles. The predicted octanol–water partition coefficient (Wildman–Crippen LogP) is 5.14. The fourth-order valence-electron chi connectivity index (χ4n) is 5.63. The second kappa shape index (κ2) is 8.82. The minimum Gasteiger partial charge on any atom is -0.314 e. The van der Waals surface area contributed by atoms with Crippen molar-refractivity contribution in [3.8, 4) is 0 Å². The zero-order chi connectivity index (χ0) is 22.4. The number of Topliss-reactive ketones (excluding diaryl/α,β-unsaturated/α-hetero) is 1. The SMILES string of the molecule is CC1=C(C(=O)C(C)C)CC1c1nc(CN2CCCC2c2nnc3n2CCCCC3)sc1C. The number of aromatic nitrogens is 4. The maximum atomic E-state index is 12.4. The van der Waals surface area contributed by atoms with Gasteiger partial charge in [0.1, 0.15) is 16.7 Å². The van der Waals surface area contributed by atoms with Gasteiger partial charge in [-0.05, 0) is 58.1 Å². The number of carbonyl (C=O) groups is 1. The minimum atomic E-state index is 0.0762. The van der Waals surface area contributed by atoms with Crippen molar-refractivity contribution in [2.24, 2.45) is 5.92 Å². The van der Waals surface area contributed by atoms with Gasteiger partial charge in [-0.25, -0.2) is 4.98 Å². The molecule has 2 aromatic rings. The van der Waals surface area contributed by atoms with Crippen LogP contribution in [0.3, 0.4) is 0 Å². The van der Waals surface area contributed by atoms with E-state index >= 15 is 0 Å². The van der Waals surface area contributed by atoms with Crippen molar-refractivity contribution < 1.29 is 4.79 Å². The van der Waals surface area contributed by atoms with Crippen molar-refractivity contribution in [1.29, 1.82) is 0 Å². The van der Waals surface area contributed by atoms with E-state index in [1.54, 1.807) is 0 Å². The van der Waals surface area contributed by atoms with Crippen LogP contribution in [0.5, 0.6) is 0 Å². The Morgan fingerprint density at radius 2 is 1.97 bits per heavy atom. The Balaban J connectivity index is 1.32. The normalized spacial score (nSPS) is 24.0. The quantitative estimate of drug-likeness (QED) is 0.606. The molecule has 5 rings (SSSR count).